The van der Waals surface area contributed by atoms with E-state index in [0.717, 1.165) is 22.0 Å². The van der Waals surface area contributed by atoms with Gasteiger partial charge in [-0.25, -0.2) is 4.98 Å². The van der Waals surface area contributed by atoms with Crippen molar-refractivity contribution in [1.29, 1.82) is 5.26 Å². The highest BCUT2D eigenvalue weighted by Gasteiger charge is 2.07. The molecule has 0 spiro atoms. The monoisotopic (exact) mass is 319 g/mol. The van der Waals surface area contributed by atoms with Gasteiger partial charge in [-0.3, -0.25) is 4.98 Å². The van der Waals surface area contributed by atoms with E-state index in [2.05, 4.69) is 16.0 Å². The van der Waals surface area contributed by atoms with Crippen molar-refractivity contribution in [2.45, 2.75) is 0 Å². The van der Waals surface area contributed by atoms with E-state index in [-0.39, 0.29) is 0 Å². The lowest BCUT2D eigenvalue weighted by Gasteiger charge is -2.01. The molecule has 3 rings (SSSR count). The number of ether oxygens (including phenoxy) is 1. The quantitative estimate of drug-likeness (QED) is 0.674. The van der Waals surface area contributed by atoms with Gasteiger partial charge in [-0.05, 0) is 30.3 Å². The summed E-state index contributed by atoms with van der Waals surface area (Å²) in [7, 11) is 1.64. The Balaban J connectivity index is 1.92. The van der Waals surface area contributed by atoms with Crippen LogP contribution in [-0.2, 0) is 0 Å². The van der Waals surface area contributed by atoms with Gasteiger partial charge in [0.05, 0.1) is 24.1 Å². The first-order valence-corrected chi connectivity index (χ1v) is 7.81. The fourth-order valence-corrected chi connectivity index (χ4v) is 2.85. The minimum atomic E-state index is 0.494. The van der Waals surface area contributed by atoms with Gasteiger partial charge in [0.15, 0.2) is 0 Å². The highest BCUT2D eigenvalue weighted by Crippen LogP contribution is 2.28. The molecule has 0 unspecified atom stereocenters. The number of nitriles is 1. The van der Waals surface area contributed by atoms with E-state index in [1.807, 2.05) is 47.8 Å². The Morgan fingerprint density at radius 3 is 2.91 bits per heavy atom. The van der Waals surface area contributed by atoms with Crippen molar-refractivity contribution in [3.63, 3.8) is 0 Å². The van der Waals surface area contributed by atoms with Crippen molar-refractivity contribution in [2.75, 3.05) is 7.11 Å². The first-order chi connectivity index (χ1) is 11.3. The largest absolute Gasteiger partial charge is 0.497 e. The van der Waals surface area contributed by atoms with Crippen LogP contribution < -0.4 is 4.74 Å². The minimum Gasteiger partial charge on any atom is -0.497 e. The SMILES string of the molecule is COc1cccc(-c2nc(/C=C(/C#N)c3ccccn3)cs2)c1. The number of benzene rings is 1. The fourth-order valence-electron chi connectivity index (χ4n) is 2.07. The number of methoxy groups -OCH3 is 1. The summed E-state index contributed by atoms with van der Waals surface area (Å²) in [5.74, 6) is 0.793. The maximum absolute atomic E-state index is 9.33. The minimum absolute atomic E-state index is 0.494. The van der Waals surface area contributed by atoms with Crippen molar-refractivity contribution in [2.24, 2.45) is 0 Å². The predicted molar refractivity (Wildman–Crippen MR) is 91.8 cm³/mol. The molecule has 0 N–H and O–H groups in total. The van der Waals surface area contributed by atoms with Crippen LogP contribution in [0.1, 0.15) is 11.4 Å². The summed E-state index contributed by atoms with van der Waals surface area (Å²) in [5.41, 5.74) is 2.87. The van der Waals surface area contributed by atoms with Crippen LogP contribution in [0.25, 0.3) is 22.2 Å². The van der Waals surface area contributed by atoms with Gasteiger partial charge in [-0.1, -0.05) is 18.2 Å². The van der Waals surface area contributed by atoms with E-state index >= 15 is 0 Å². The maximum atomic E-state index is 9.33. The third-order valence-corrected chi connectivity index (χ3v) is 4.10. The van der Waals surface area contributed by atoms with E-state index in [0.29, 0.717) is 11.3 Å². The van der Waals surface area contributed by atoms with Crippen LogP contribution >= 0.6 is 11.3 Å². The molecule has 0 fully saturated rings. The highest BCUT2D eigenvalue weighted by molar-refractivity contribution is 7.13. The Bertz CT molecular complexity index is 879. The summed E-state index contributed by atoms with van der Waals surface area (Å²) in [4.78, 5) is 8.78. The molecule has 1 aromatic carbocycles. The number of hydrogen-bond donors (Lipinski definition) is 0. The molecule has 0 aliphatic heterocycles. The third-order valence-electron chi connectivity index (χ3n) is 3.19. The number of thiazole rings is 1. The van der Waals surface area contributed by atoms with Gasteiger partial charge in [-0.2, -0.15) is 5.26 Å². The Labute approximate surface area is 138 Å². The fraction of sp³-hybridized carbons (Fsp3) is 0.0556. The molecule has 0 saturated heterocycles. The Kier molecular flexibility index (Phi) is 4.46. The lowest BCUT2D eigenvalue weighted by Crippen LogP contribution is -1.86. The summed E-state index contributed by atoms with van der Waals surface area (Å²) in [6.07, 6.45) is 3.42. The maximum Gasteiger partial charge on any atom is 0.124 e. The topological polar surface area (TPSA) is 58.8 Å². The van der Waals surface area contributed by atoms with Gasteiger partial charge in [0.1, 0.15) is 16.8 Å². The number of pyridine rings is 1. The summed E-state index contributed by atoms with van der Waals surface area (Å²) in [5, 5.41) is 12.1. The van der Waals surface area contributed by atoms with E-state index in [1.165, 1.54) is 11.3 Å². The summed E-state index contributed by atoms with van der Waals surface area (Å²) in [6, 6.07) is 15.4. The number of allylic oxidation sites excluding steroid dienone is 1. The van der Waals surface area contributed by atoms with Gasteiger partial charge in [-0.15, -0.1) is 11.3 Å². The first kappa shape index (κ1) is 14.9. The standard InChI is InChI=1S/C18H13N3OS/c1-22-16-6-4-5-13(10-16)18-21-15(12-23-18)9-14(11-19)17-7-2-3-8-20-17/h2-10,12H,1H3/b14-9-. The normalized spacial score (nSPS) is 11.0. The smallest absolute Gasteiger partial charge is 0.124 e. The van der Waals surface area contributed by atoms with Crippen molar-refractivity contribution in [3.05, 3.63) is 65.4 Å². The molecule has 0 saturated carbocycles. The van der Waals surface area contributed by atoms with Crippen LogP contribution in [-0.4, -0.2) is 17.1 Å². The second-order valence-corrected chi connectivity index (χ2v) is 5.55. The van der Waals surface area contributed by atoms with E-state index in [1.54, 1.807) is 19.4 Å². The van der Waals surface area contributed by atoms with Gasteiger partial charge >= 0.3 is 0 Å². The van der Waals surface area contributed by atoms with Crippen LogP contribution in [0.3, 0.4) is 0 Å². The Hall–Kier alpha value is -2.97. The van der Waals surface area contributed by atoms with Crippen LogP contribution in [0.2, 0.25) is 0 Å². The molecule has 112 valence electrons. The van der Waals surface area contributed by atoms with E-state index < -0.39 is 0 Å². The summed E-state index contributed by atoms with van der Waals surface area (Å²) >= 11 is 1.53. The molecule has 4 nitrogen and oxygen atoms in total. The van der Waals surface area contributed by atoms with Gasteiger partial charge < -0.3 is 4.74 Å². The molecular weight excluding hydrogens is 306 g/mol. The molecule has 0 amide bonds. The summed E-state index contributed by atoms with van der Waals surface area (Å²) in [6.45, 7) is 0. The molecule has 2 aromatic heterocycles. The Morgan fingerprint density at radius 1 is 1.26 bits per heavy atom. The number of nitrogens with zero attached hydrogens (tertiary/aromatic N) is 3. The lowest BCUT2D eigenvalue weighted by atomic mass is 10.1. The van der Waals surface area contributed by atoms with Crippen LogP contribution in [0.15, 0.2) is 54.0 Å². The average molecular weight is 319 g/mol. The van der Waals surface area contributed by atoms with Gasteiger partial charge in [0, 0.05) is 17.1 Å². The van der Waals surface area contributed by atoms with Crippen molar-refractivity contribution in [3.8, 4) is 22.4 Å². The molecule has 5 heteroatoms. The average Bonchev–Trinajstić information content (AvgIpc) is 3.09. The van der Waals surface area contributed by atoms with Crippen molar-refractivity contribution < 1.29 is 4.74 Å². The lowest BCUT2D eigenvalue weighted by molar-refractivity contribution is 0.415. The zero-order valence-electron chi connectivity index (χ0n) is 12.4. The molecule has 3 aromatic rings. The molecular formula is C18H13N3OS. The zero-order chi connectivity index (χ0) is 16.1. The van der Waals surface area contributed by atoms with E-state index in [4.69, 9.17) is 4.74 Å². The van der Waals surface area contributed by atoms with Crippen LogP contribution in [0.4, 0.5) is 0 Å². The van der Waals surface area contributed by atoms with Crippen molar-refractivity contribution >= 4 is 23.0 Å². The molecule has 0 aliphatic carbocycles. The zero-order valence-corrected chi connectivity index (χ0v) is 13.2. The third kappa shape index (κ3) is 3.44. The summed E-state index contributed by atoms with van der Waals surface area (Å²) < 4.78 is 5.24. The molecule has 0 aliphatic rings. The van der Waals surface area contributed by atoms with Crippen LogP contribution in [0, 0.1) is 11.3 Å². The Morgan fingerprint density at radius 2 is 2.17 bits per heavy atom. The van der Waals surface area contributed by atoms with Crippen molar-refractivity contribution in [1.82, 2.24) is 9.97 Å². The molecule has 0 atom stereocenters. The van der Waals surface area contributed by atoms with Crippen LogP contribution in [0.5, 0.6) is 5.75 Å². The second-order valence-electron chi connectivity index (χ2n) is 4.69. The van der Waals surface area contributed by atoms with Gasteiger partial charge in [0.2, 0.25) is 0 Å². The number of hydrogen-bond acceptors (Lipinski definition) is 5. The highest BCUT2D eigenvalue weighted by atomic mass is 32.1. The predicted octanol–water partition coefficient (Wildman–Crippen LogP) is 4.28. The number of aromatic nitrogens is 2. The molecule has 2 heterocycles. The molecule has 0 bridgehead atoms. The van der Waals surface area contributed by atoms with Gasteiger partial charge in [0.25, 0.3) is 0 Å². The molecule has 23 heavy (non-hydrogen) atoms. The second kappa shape index (κ2) is 6.86. The number of rotatable bonds is 4. The first-order valence-electron chi connectivity index (χ1n) is 6.93. The van der Waals surface area contributed by atoms with E-state index in [9.17, 15) is 5.26 Å². The molecule has 0 radical (unpaired) electrons.